The molecular weight excluding hydrogens is 291 g/mol. The number of rotatable bonds is 0. The first-order chi connectivity index (χ1) is 11.2. The van der Waals surface area contributed by atoms with Gasteiger partial charge in [-0.3, -0.25) is 4.98 Å². The van der Waals surface area contributed by atoms with Crippen molar-refractivity contribution in [1.82, 2.24) is 9.88 Å². The van der Waals surface area contributed by atoms with Crippen LogP contribution in [-0.4, -0.2) is 30.0 Å². The van der Waals surface area contributed by atoms with Gasteiger partial charge in [0, 0.05) is 36.5 Å². The van der Waals surface area contributed by atoms with Crippen LogP contribution in [-0.2, 0) is 6.61 Å². The molecule has 0 N–H and O–H groups in total. The zero-order chi connectivity index (χ0) is 15.8. The molecule has 0 bridgehead atoms. The second-order valence-electron chi connectivity index (χ2n) is 6.21. The second kappa shape index (κ2) is 5.78. The maximum atomic E-state index is 13.7. The van der Waals surface area contributed by atoms with E-state index < -0.39 is 0 Å². The van der Waals surface area contributed by atoms with Gasteiger partial charge >= 0.3 is 0 Å². The van der Waals surface area contributed by atoms with Crippen molar-refractivity contribution in [3.05, 3.63) is 64.7 Å². The Balaban J connectivity index is 1.94. The molecule has 2 aliphatic heterocycles. The molecule has 0 spiro atoms. The van der Waals surface area contributed by atoms with Crippen molar-refractivity contribution in [2.75, 3.05) is 20.1 Å². The number of likely N-dealkylation sites (tertiary alicyclic amines) is 1. The molecule has 0 unspecified atom stereocenters. The monoisotopic (exact) mass is 310 g/mol. The van der Waals surface area contributed by atoms with Gasteiger partial charge in [0.2, 0.25) is 0 Å². The molecule has 4 heteroatoms. The van der Waals surface area contributed by atoms with Gasteiger partial charge in [0.15, 0.2) is 0 Å². The van der Waals surface area contributed by atoms with Crippen LogP contribution in [0.15, 0.2) is 42.1 Å². The fourth-order valence-electron chi connectivity index (χ4n) is 3.41. The standard InChI is InChI=1S/C19H19FN2O/c1-22-9-6-13(7-10-22)19-15-3-2-8-21-17(15)12-23-18-11-14(20)4-5-16(18)19/h2-5,8,11H,6-7,9-10,12H2,1H3. The zero-order valence-corrected chi connectivity index (χ0v) is 13.2. The number of hydrogen-bond donors (Lipinski definition) is 0. The lowest BCUT2D eigenvalue weighted by atomic mass is 9.88. The lowest BCUT2D eigenvalue weighted by Crippen LogP contribution is -2.27. The van der Waals surface area contributed by atoms with E-state index in [1.165, 1.54) is 23.3 Å². The Labute approximate surface area is 135 Å². The number of pyridine rings is 1. The van der Waals surface area contributed by atoms with E-state index >= 15 is 0 Å². The Morgan fingerprint density at radius 2 is 1.96 bits per heavy atom. The average Bonchev–Trinajstić information content (AvgIpc) is 2.72. The number of hydrogen-bond acceptors (Lipinski definition) is 3. The smallest absolute Gasteiger partial charge is 0.131 e. The van der Waals surface area contributed by atoms with E-state index in [4.69, 9.17) is 4.74 Å². The van der Waals surface area contributed by atoms with E-state index in [0.717, 1.165) is 42.8 Å². The number of aromatic nitrogens is 1. The van der Waals surface area contributed by atoms with Gasteiger partial charge in [-0.1, -0.05) is 11.6 Å². The first-order valence-corrected chi connectivity index (χ1v) is 8.00. The molecule has 0 radical (unpaired) electrons. The maximum absolute atomic E-state index is 13.7. The molecule has 0 atom stereocenters. The van der Waals surface area contributed by atoms with Crippen LogP contribution in [0.5, 0.6) is 5.75 Å². The van der Waals surface area contributed by atoms with E-state index in [-0.39, 0.29) is 5.82 Å². The lowest BCUT2D eigenvalue weighted by molar-refractivity contribution is 0.301. The molecule has 3 heterocycles. The summed E-state index contributed by atoms with van der Waals surface area (Å²) in [7, 11) is 2.15. The van der Waals surface area contributed by atoms with Gasteiger partial charge in [0.1, 0.15) is 18.2 Å². The summed E-state index contributed by atoms with van der Waals surface area (Å²) in [5.74, 6) is 0.347. The van der Waals surface area contributed by atoms with Crippen LogP contribution in [0.25, 0.3) is 5.57 Å². The number of nitrogens with zero attached hydrogens (tertiary/aromatic N) is 2. The van der Waals surface area contributed by atoms with Gasteiger partial charge in [-0.2, -0.15) is 0 Å². The molecule has 2 aliphatic rings. The van der Waals surface area contributed by atoms with E-state index in [0.29, 0.717) is 12.4 Å². The predicted molar refractivity (Wildman–Crippen MR) is 87.7 cm³/mol. The minimum absolute atomic E-state index is 0.268. The van der Waals surface area contributed by atoms with Crippen molar-refractivity contribution in [2.45, 2.75) is 19.4 Å². The van der Waals surface area contributed by atoms with Crippen molar-refractivity contribution < 1.29 is 9.13 Å². The summed E-state index contributed by atoms with van der Waals surface area (Å²) >= 11 is 0. The molecule has 2 aromatic rings. The molecule has 1 saturated heterocycles. The Hall–Kier alpha value is -2.20. The third kappa shape index (κ3) is 2.63. The molecule has 1 aromatic carbocycles. The van der Waals surface area contributed by atoms with Gasteiger partial charge in [-0.25, -0.2) is 4.39 Å². The van der Waals surface area contributed by atoms with Gasteiger partial charge in [-0.15, -0.1) is 0 Å². The highest BCUT2D eigenvalue weighted by atomic mass is 19.1. The van der Waals surface area contributed by atoms with Gasteiger partial charge in [0.05, 0.1) is 5.69 Å². The zero-order valence-electron chi connectivity index (χ0n) is 13.2. The Morgan fingerprint density at radius 1 is 1.13 bits per heavy atom. The largest absolute Gasteiger partial charge is 0.487 e. The predicted octanol–water partition coefficient (Wildman–Crippen LogP) is 3.64. The molecule has 1 aromatic heterocycles. The van der Waals surface area contributed by atoms with Crippen LogP contribution in [0.1, 0.15) is 29.7 Å². The summed E-state index contributed by atoms with van der Waals surface area (Å²) in [6.07, 6.45) is 3.84. The van der Waals surface area contributed by atoms with Crippen LogP contribution in [0, 0.1) is 5.82 Å². The van der Waals surface area contributed by atoms with Gasteiger partial charge < -0.3 is 9.64 Å². The van der Waals surface area contributed by atoms with Gasteiger partial charge in [-0.05, 0) is 43.7 Å². The third-order valence-electron chi connectivity index (χ3n) is 4.68. The highest BCUT2D eigenvalue weighted by Gasteiger charge is 2.24. The Morgan fingerprint density at radius 3 is 2.78 bits per heavy atom. The first kappa shape index (κ1) is 14.4. The minimum atomic E-state index is -0.268. The molecule has 118 valence electrons. The minimum Gasteiger partial charge on any atom is -0.487 e. The highest BCUT2D eigenvalue weighted by Crippen LogP contribution is 2.40. The maximum Gasteiger partial charge on any atom is 0.131 e. The highest BCUT2D eigenvalue weighted by molar-refractivity contribution is 5.86. The molecular formula is C19H19FN2O. The van der Waals surface area contributed by atoms with Crippen molar-refractivity contribution in [3.8, 4) is 5.75 Å². The summed E-state index contributed by atoms with van der Waals surface area (Å²) in [5.41, 5.74) is 5.63. The van der Waals surface area contributed by atoms with Crippen LogP contribution in [0.3, 0.4) is 0 Å². The van der Waals surface area contributed by atoms with Crippen LogP contribution in [0.4, 0.5) is 4.39 Å². The van der Waals surface area contributed by atoms with E-state index in [9.17, 15) is 4.39 Å². The molecule has 0 amide bonds. The first-order valence-electron chi connectivity index (χ1n) is 8.00. The summed E-state index contributed by atoms with van der Waals surface area (Å²) in [6.45, 7) is 2.47. The van der Waals surface area contributed by atoms with Crippen molar-refractivity contribution in [2.24, 2.45) is 0 Å². The fraction of sp³-hybridized carbons (Fsp3) is 0.316. The van der Waals surface area contributed by atoms with E-state index in [1.54, 1.807) is 6.20 Å². The van der Waals surface area contributed by atoms with Crippen LogP contribution in [0.2, 0.25) is 0 Å². The summed E-state index contributed by atoms with van der Waals surface area (Å²) in [6, 6.07) is 8.90. The molecule has 1 fully saturated rings. The number of fused-ring (bicyclic) bond motifs is 2. The topological polar surface area (TPSA) is 25.4 Å². The van der Waals surface area contributed by atoms with Crippen molar-refractivity contribution >= 4 is 5.57 Å². The van der Waals surface area contributed by atoms with Crippen molar-refractivity contribution in [1.29, 1.82) is 0 Å². The van der Waals surface area contributed by atoms with Crippen LogP contribution < -0.4 is 4.74 Å². The molecule has 0 saturated carbocycles. The number of benzene rings is 1. The quantitative estimate of drug-likeness (QED) is 0.743. The SMILES string of the molecule is CN1CCC(=C2c3ccc(F)cc3OCc3ncccc32)CC1. The fourth-order valence-corrected chi connectivity index (χ4v) is 3.41. The van der Waals surface area contributed by atoms with E-state index in [2.05, 4.69) is 23.0 Å². The summed E-state index contributed by atoms with van der Waals surface area (Å²) in [5, 5.41) is 0. The molecule has 3 nitrogen and oxygen atoms in total. The summed E-state index contributed by atoms with van der Waals surface area (Å²) in [4.78, 5) is 6.82. The number of piperidine rings is 1. The normalized spacial score (nSPS) is 18.0. The van der Waals surface area contributed by atoms with E-state index in [1.807, 2.05) is 12.1 Å². The third-order valence-corrected chi connectivity index (χ3v) is 4.68. The Bertz CT molecular complexity index is 775. The van der Waals surface area contributed by atoms with Crippen molar-refractivity contribution in [3.63, 3.8) is 0 Å². The second-order valence-corrected chi connectivity index (χ2v) is 6.21. The Kier molecular flexibility index (Phi) is 3.62. The van der Waals surface area contributed by atoms with Crippen LogP contribution >= 0.6 is 0 Å². The summed E-state index contributed by atoms with van der Waals surface area (Å²) < 4.78 is 19.5. The molecule has 0 aliphatic carbocycles. The number of halogens is 1. The molecule has 23 heavy (non-hydrogen) atoms. The molecule has 4 rings (SSSR count). The lowest BCUT2D eigenvalue weighted by Gasteiger charge is -2.27. The average molecular weight is 310 g/mol. The van der Waals surface area contributed by atoms with Gasteiger partial charge in [0.25, 0.3) is 0 Å². The number of ether oxygens (including phenoxy) is 1.